The molecular formula is C9H8Cl2O2. The molecule has 13 heavy (non-hydrogen) atoms. The van der Waals surface area contributed by atoms with Crippen LogP contribution in [-0.4, -0.2) is 17.5 Å². The van der Waals surface area contributed by atoms with Crippen LogP contribution >= 0.6 is 23.2 Å². The quantitative estimate of drug-likeness (QED) is 0.793. The SMILES string of the molecule is O=C(CCO)c1ccc(Cl)cc1Cl. The van der Waals surface area contributed by atoms with Crippen molar-refractivity contribution >= 4 is 29.0 Å². The maximum absolute atomic E-state index is 11.3. The van der Waals surface area contributed by atoms with E-state index in [-0.39, 0.29) is 18.8 Å². The minimum atomic E-state index is -0.177. The van der Waals surface area contributed by atoms with Gasteiger partial charge in [-0.05, 0) is 18.2 Å². The largest absolute Gasteiger partial charge is 0.396 e. The average Bonchev–Trinajstić information content (AvgIpc) is 2.04. The minimum absolute atomic E-state index is 0.0847. The van der Waals surface area contributed by atoms with E-state index in [4.69, 9.17) is 28.3 Å². The van der Waals surface area contributed by atoms with Crippen LogP contribution in [0, 0.1) is 0 Å². The van der Waals surface area contributed by atoms with Gasteiger partial charge in [0.15, 0.2) is 5.78 Å². The summed E-state index contributed by atoms with van der Waals surface area (Å²) in [6.45, 7) is -0.169. The summed E-state index contributed by atoms with van der Waals surface area (Å²) in [7, 11) is 0. The van der Waals surface area contributed by atoms with E-state index in [0.717, 1.165) is 0 Å². The third kappa shape index (κ3) is 2.69. The molecule has 0 fully saturated rings. The number of rotatable bonds is 3. The van der Waals surface area contributed by atoms with Crippen LogP contribution in [0.2, 0.25) is 10.0 Å². The fourth-order valence-corrected chi connectivity index (χ4v) is 1.47. The molecule has 0 aliphatic carbocycles. The number of carbonyl (C=O) groups excluding carboxylic acids is 1. The van der Waals surface area contributed by atoms with E-state index in [1.54, 1.807) is 12.1 Å². The molecule has 0 unspecified atom stereocenters. The molecule has 0 bridgehead atoms. The lowest BCUT2D eigenvalue weighted by molar-refractivity contribution is 0.0957. The first kappa shape index (κ1) is 10.5. The fourth-order valence-electron chi connectivity index (χ4n) is 0.952. The molecule has 0 aliphatic rings. The van der Waals surface area contributed by atoms with Crippen molar-refractivity contribution in [3.63, 3.8) is 0 Å². The van der Waals surface area contributed by atoms with Gasteiger partial charge in [-0.15, -0.1) is 0 Å². The fraction of sp³-hybridized carbons (Fsp3) is 0.222. The second-order valence-corrected chi connectivity index (χ2v) is 3.36. The maximum Gasteiger partial charge on any atom is 0.166 e. The van der Waals surface area contributed by atoms with Crippen LogP contribution in [0.4, 0.5) is 0 Å². The highest BCUT2D eigenvalue weighted by atomic mass is 35.5. The third-order valence-corrected chi connectivity index (χ3v) is 2.12. The van der Waals surface area contributed by atoms with Crippen LogP contribution in [0.1, 0.15) is 16.8 Å². The van der Waals surface area contributed by atoms with E-state index in [1.807, 2.05) is 0 Å². The molecule has 0 aromatic heterocycles. The van der Waals surface area contributed by atoms with Crippen molar-refractivity contribution in [1.29, 1.82) is 0 Å². The van der Waals surface area contributed by atoms with Crippen molar-refractivity contribution in [2.45, 2.75) is 6.42 Å². The van der Waals surface area contributed by atoms with E-state index in [0.29, 0.717) is 15.6 Å². The van der Waals surface area contributed by atoms with Gasteiger partial charge in [0, 0.05) is 17.0 Å². The van der Waals surface area contributed by atoms with Crippen LogP contribution in [-0.2, 0) is 0 Å². The van der Waals surface area contributed by atoms with E-state index < -0.39 is 0 Å². The predicted octanol–water partition coefficient (Wildman–Crippen LogP) is 2.56. The van der Waals surface area contributed by atoms with Crippen molar-refractivity contribution in [1.82, 2.24) is 0 Å². The molecule has 0 atom stereocenters. The Morgan fingerprint density at radius 2 is 2.08 bits per heavy atom. The first-order chi connectivity index (χ1) is 6.15. The van der Waals surface area contributed by atoms with Gasteiger partial charge in [0.05, 0.1) is 11.6 Å². The standard InChI is InChI=1S/C9H8Cl2O2/c10-6-1-2-7(8(11)5-6)9(13)3-4-12/h1-2,5,12H,3-4H2. The molecule has 0 saturated carbocycles. The Hall–Kier alpha value is -0.570. The molecule has 0 radical (unpaired) electrons. The number of carbonyl (C=O) groups is 1. The van der Waals surface area contributed by atoms with Gasteiger partial charge in [-0.1, -0.05) is 23.2 Å². The lowest BCUT2D eigenvalue weighted by Crippen LogP contribution is -2.02. The van der Waals surface area contributed by atoms with Gasteiger partial charge in [-0.3, -0.25) is 4.79 Å². The number of ketones is 1. The first-order valence-corrected chi connectivity index (χ1v) is 4.50. The van der Waals surface area contributed by atoms with Crippen molar-refractivity contribution in [3.05, 3.63) is 33.8 Å². The Labute approximate surface area is 86.1 Å². The van der Waals surface area contributed by atoms with Crippen LogP contribution in [0.25, 0.3) is 0 Å². The number of hydrogen-bond acceptors (Lipinski definition) is 2. The first-order valence-electron chi connectivity index (χ1n) is 3.74. The van der Waals surface area contributed by atoms with E-state index in [2.05, 4.69) is 0 Å². The predicted molar refractivity (Wildman–Crippen MR) is 52.5 cm³/mol. The molecule has 1 rings (SSSR count). The molecule has 0 heterocycles. The Kier molecular flexibility index (Phi) is 3.72. The maximum atomic E-state index is 11.3. The summed E-state index contributed by atoms with van der Waals surface area (Å²) >= 11 is 11.4. The smallest absolute Gasteiger partial charge is 0.166 e. The Morgan fingerprint density at radius 3 is 2.62 bits per heavy atom. The molecule has 4 heteroatoms. The summed E-state index contributed by atoms with van der Waals surface area (Å²) in [5.74, 6) is -0.177. The molecule has 1 aromatic carbocycles. The number of aliphatic hydroxyl groups excluding tert-OH is 1. The van der Waals surface area contributed by atoms with Gasteiger partial charge < -0.3 is 5.11 Å². The number of hydrogen-bond donors (Lipinski definition) is 1. The van der Waals surface area contributed by atoms with Gasteiger partial charge in [0.1, 0.15) is 0 Å². The topological polar surface area (TPSA) is 37.3 Å². The van der Waals surface area contributed by atoms with E-state index in [9.17, 15) is 4.79 Å². The zero-order valence-electron chi connectivity index (χ0n) is 6.76. The Bertz CT molecular complexity index is 323. The zero-order valence-corrected chi connectivity index (χ0v) is 8.27. The molecule has 0 aliphatic heterocycles. The van der Waals surface area contributed by atoms with Crippen molar-refractivity contribution in [2.24, 2.45) is 0 Å². The molecule has 70 valence electrons. The summed E-state index contributed by atoms with van der Waals surface area (Å²) in [5.41, 5.74) is 0.403. The molecular weight excluding hydrogens is 211 g/mol. The van der Waals surface area contributed by atoms with Crippen molar-refractivity contribution in [2.75, 3.05) is 6.61 Å². The summed E-state index contributed by atoms with van der Waals surface area (Å²) < 4.78 is 0. The van der Waals surface area contributed by atoms with Gasteiger partial charge >= 0.3 is 0 Å². The lowest BCUT2D eigenvalue weighted by atomic mass is 10.1. The summed E-state index contributed by atoms with van der Waals surface area (Å²) in [5, 5.41) is 9.37. The Morgan fingerprint density at radius 1 is 1.38 bits per heavy atom. The molecule has 0 amide bonds. The van der Waals surface area contributed by atoms with Crippen LogP contribution in [0.3, 0.4) is 0 Å². The van der Waals surface area contributed by atoms with Crippen molar-refractivity contribution < 1.29 is 9.90 Å². The highest BCUT2D eigenvalue weighted by molar-refractivity contribution is 6.36. The second-order valence-electron chi connectivity index (χ2n) is 2.52. The van der Waals surface area contributed by atoms with Crippen LogP contribution < -0.4 is 0 Å². The van der Waals surface area contributed by atoms with E-state index >= 15 is 0 Å². The molecule has 2 nitrogen and oxygen atoms in total. The lowest BCUT2D eigenvalue weighted by Gasteiger charge is -2.01. The minimum Gasteiger partial charge on any atom is -0.396 e. The number of Topliss-reactive ketones (excluding diaryl/α,β-unsaturated/α-hetero) is 1. The van der Waals surface area contributed by atoms with Gasteiger partial charge in [0.2, 0.25) is 0 Å². The van der Waals surface area contributed by atoms with E-state index in [1.165, 1.54) is 6.07 Å². The monoisotopic (exact) mass is 218 g/mol. The van der Waals surface area contributed by atoms with Crippen LogP contribution in [0.15, 0.2) is 18.2 Å². The summed E-state index contributed by atoms with van der Waals surface area (Å²) in [6, 6.07) is 4.66. The third-order valence-electron chi connectivity index (χ3n) is 1.57. The van der Waals surface area contributed by atoms with Gasteiger partial charge in [-0.2, -0.15) is 0 Å². The number of halogens is 2. The highest BCUT2D eigenvalue weighted by Gasteiger charge is 2.09. The second kappa shape index (κ2) is 4.61. The number of benzene rings is 1. The molecule has 1 N–H and O–H groups in total. The van der Waals surface area contributed by atoms with Gasteiger partial charge in [-0.25, -0.2) is 0 Å². The summed E-state index contributed by atoms with van der Waals surface area (Å²) in [4.78, 5) is 11.3. The Balaban J connectivity index is 2.95. The number of aliphatic hydroxyl groups is 1. The summed E-state index contributed by atoms with van der Waals surface area (Å²) in [6.07, 6.45) is 0.0847. The van der Waals surface area contributed by atoms with Crippen molar-refractivity contribution in [3.8, 4) is 0 Å². The molecule has 0 spiro atoms. The average molecular weight is 219 g/mol. The highest BCUT2D eigenvalue weighted by Crippen LogP contribution is 2.21. The zero-order chi connectivity index (χ0) is 9.84. The normalized spacial score (nSPS) is 10.1. The molecule has 1 aromatic rings. The van der Waals surface area contributed by atoms with Crippen LogP contribution in [0.5, 0.6) is 0 Å². The molecule has 0 saturated heterocycles. The van der Waals surface area contributed by atoms with Gasteiger partial charge in [0.25, 0.3) is 0 Å².